The van der Waals surface area contributed by atoms with Crippen molar-refractivity contribution in [3.05, 3.63) is 53.6 Å². The maximum atomic E-state index is 5.62. The van der Waals surface area contributed by atoms with Gasteiger partial charge in [-0.1, -0.05) is 37.3 Å². The second kappa shape index (κ2) is 4.25. The maximum Gasteiger partial charge on any atom is 0.127 e. The smallest absolute Gasteiger partial charge is 0.127 e. The summed E-state index contributed by atoms with van der Waals surface area (Å²) in [5, 5.41) is 0. The summed E-state index contributed by atoms with van der Waals surface area (Å²) < 4.78 is 5.62. The summed E-state index contributed by atoms with van der Waals surface area (Å²) in [6.07, 6.45) is 2.01. The molecule has 1 heteroatoms. The SMILES string of the molecule is CCCOc1[c]c2c(cc1)-c1ccccc1C2. The van der Waals surface area contributed by atoms with Crippen molar-refractivity contribution in [1.29, 1.82) is 0 Å². The summed E-state index contributed by atoms with van der Waals surface area (Å²) >= 11 is 0. The van der Waals surface area contributed by atoms with Crippen LogP contribution in [0.4, 0.5) is 0 Å². The van der Waals surface area contributed by atoms with E-state index in [1.54, 1.807) is 0 Å². The van der Waals surface area contributed by atoms with Crippen LogP contribution in [-0.4, -0.2) is 6.61 Å². The molecule has 0 saturated carbocycles. The van der Waals surface area contributed by atoms with Crippen molar-refractivity contribution in [1.82, 2.24) is 0 Å². The Morgan fingerprint density at radius 3 is 2.88 bits per heavy atom. The van der Waals surface area contributed by atoms with Crippen LogP contribution in [0.25, 0.3) is 11.1 Å². The van der Waals surface area contributed by atoms with E-state index in [9.17, 15) is 0 Å². The molecule has 2 aromatic carbocycles. The van der Waals surface area contributed by atoms with Crippen molar-refractivity contribution in [2.24, 2.45) is 0 Å². The highest BCUT2D eigenvalue weighted by Gasteiger charge is 2.18. The molecule has 0 saturated heterocycles. The van der Waals surface area contributed by atoms with Gasteiger partial charge in [0.1, 0.15) is 5.75 Å². The van der Waals surface area contributed by atoms with Gasteiger partial charge >= 0.3 is 0 Å². The number of benzene rings is 2. The Morgan fingerprint density at radius 2 is 2.00 bits per heavy atom. The zero-order chi connectivity index (χ0) is 11.7. The molecule has 0 atom stereocenters. The van der Waals surface area contributed by atoms with E-state index in [0.29, 0.717) is 0 Å². The molecule has 0 aromatic heterocycles. The average molecular weight is 223 g/mol. The predicted octanol–water partition coefficient (Wildman–Crippen LogP) is 3.85. The quantitative estimate of drug-likeness (QED) is 0.655. The molecule has 1 nitrogen and oxygen atoms in total. The monoisotopic (exact) mass is 223 g/mol. The molecule has 1 aliphatic rings. The minimum Gasteiger partial charge on any atom is -0.493 e. The molecule has 1 radical (unpaired) electrons. The highest BCUT2D eigenvalue weighted by Crippen LogP contribution is 2.37. The molecule has 0 N–H and O–H groups in total. The molecule has 0 unspecified atom stereocenters. The largest absolute Gasteiger partial charge is 0.493 e. The van der Waals surface area contributed by atoms with Crippen LogP contribution in [0.15, 0.2) is 36.4 Å². The van der Waals surface area contributed by atoms with E-state index in [2.05, 4.69) is 43.3 Å². The Balaban J connectivity index is 1.95. The number of rotatable bonds is 3. The van der Waals surface area contributed by atoms with Crippen LogP contribution in [0.3, 0.4) is 0 Å². The standard InChI is InChI=1S/C16H15O/c1-2-9-17-14-7-8-16-13(11-14)10-12-5-3-4-6-15(12)16/h3-8H,2,9-10H2,1H3. The number of hydrogen-bond acceptors (Lipinski definition) is 1. The summed E-state index contributed by atoms with van der Waals surface area (Å²) in [4.78, 5) is 0. The van der Waals surface area contributed by atoms with Gasteiger partial charge in [-0.05, 0) is 41.2 Å². The van der Waals surface area contributed by atoms with Gasteiger partial charge in [0.25, 0.3) is 0 Å². The van der Waals surface area contributed by atoms with E-state index in [-0.39, 0.29) is 0 Å². The van der Waals surface area contributed by atoms with Crippen molar-refractivity contribution < 1.29 is 4.74 Å². The van der Waals surface area contributed by atoms with Gasteiger partial charge in [0, 0.05) is 6.07 Å². The third-order valence-electron chi connectivity index (χ3n) is 3.14. The fourth-order valence-corrected chi connectivity index (χ4v) is 2.33. The molecule has 1 aliphatic carbocycles. The molecular weight excluding hydrogens is 208 g/mol. The van der Waals surface area contributed by atoms with Crippen LogP contribution in [0.5, 0.6) is 5.75 Å². The lowest BCUT2D eigenvalue weighted by molar-refractivity contribution is 0.316. The third-order valence-corrected chi connectivity index (χ3v) is 3.14. The van der Waals surface area contributed by atoms with E-state index in [1.807, 2.05) is 6.07 Å². The van der Waals surface area contributed by atoms with Crippen LogP contribution in [0, 0.1) is 6.07 Å². The summed E-state index contributed by atoms with van der Waals surface area (Å²) in [6.45, 7) is 2.88. The zero-order valence-electron chi connectivity index (χ0n) is 9.99. The van der Waals surface area contributed by atoms with E-state index in [1.165, 1.54) is 22.3 Å². The molecule has 2 aromatic rings. The molecule has 0 aliphatic heterocycles. The van der Waals surface area contributed by atoms with Crippen LogP contribution in [0.1, 0.15) is 24.5 Å². The molecule has 85 valence electrons. The minimum atomic E-state index is 0.766. The van der Waals surface area contributed by atoms with Crippen LogP contribution in [0.2, 0.25) is 0 Å². The highest BCUT2D eigenvalue weighted by molar-refractivity contribution is 5.77. The van der Waals surface area contributed by atoms with E-state index >= 15 is 0 Å². The predicted molar refractivity (Wildman–Crippen MR) is 69.3 cm³/mol. The fourth-order valence-electron chi connectivity index (χ4n) is 2.33. The normalized spacial score (nSPS) is 12.1. The molecule has 3 rings (SSSR count). The molecule has 0 fully saturated rings. The fraction of sp³-hybridized carbons (Fsp3) is 0.250. The molecule has 0 bridgehead atoms. The van der Waals surface area contributed by atoms with Crippen LogP contribution >= 0.6 is 0 Å². The van der Waals surface area contributed by atoms with Crippen molar-refractivity contribution in [3.8, 4) is 16.9 Å². The van der Waals surface area contributed by atoms with Crippen LogP contribution in [-0.2, 0) is 6.42 Å². The second-order valence-electron chi connectivity index (χ2n) is 4.40. The first-order chi connectivity index (χ1) is 8.38. The van der Waals surface area contributed by atoms with E-state index in [4.69, 9.17) is 4.74 Å². The van der Waals surface area contributed by atoms with Crippen molar-refractivity contribution in [2.45, 2.75) is 19.8 Å². The molecule has 0 amide bonds. The minimum absolute atomic E-state index is 0.766. The summed E-state index contributed by atoms with van der Waals surface area (Å²) in [5.74, 6) is 0.874. The topological polar surface area (TPSA) is 9.23 Å². The third kappa shape index (κ3) is 1.82. The highest BCUT2D eigenvalue weighted by atomic mass is 16.5. The lowest BCUT2D eigenvalue weighted by Gasteiger charge is -2.06. The summed E-state index contributed by atoms with van der Waals surface area (Å²) in [5.41, 5.74) is 5.32. The number of fused-ring (bicyclic) bond motifs is 3. The zero-order valence-corrected chi connectivity index (χ0v) is 9.99. The lowest BCUT2D eigenvalue weighted by atomic mass is 10.1. The van der Waals surface area contributed by atoms with Crippen molar-refractivity contribution in [2.75, 3.05) is 6.61 Å². The number of ether oxygens (including phenoxy) is 1. The van der Waals surface area contributed by atoms with Crippen molar-refractivity contribution >= 4 is 0 Å². The Hall–Kier alpha value is -1.76. The first kappa shape index (κ1) is 10.4. The van der Waals surface area contributed by atoms with E-state index < -0.39 is 0 Å². The van der Waals surface area contributed by atoms with Gasteiger partial charge in [-0.25, -0.2) is 0 Å². The lowest BCUT2D eigenvalue weighted by Crippen LogP contribution is -1.95. The molecule has 0 spiro atoms. The molecule has 17 heavy (non-hydrogen) atoms. The Morgan fingerprint density at radius 1 is 1.12 bits per heavy atom. The summed E-state index contributed by atoms with van der Waals surface area (Å²) in [7, 11) is 0. The average Bonchev–Trinajstić information content (AvgIpc) is 2.74. The van der Waals surface area contributed by atoms with Gasteiger partial charge in [-0.15, -0.1) is 0 Å². The first-order valence-electron chi connectivity index (χ1n) is 6.15. The van der Waals surface area contributed by atoms with Gasteiger partial charge in [0.2, 0.25) is 0 Å². The molecule has 0 heterocycles. The Labute approximate surface area is 102 Å². The van der Waals surface area contributed by atoms with Gasteiger partial charge in [0.15, 0.2) is 0 Å². The Kier molecular flexibility index (Phi) is 2.60. The molecular formula is C16H15O. The Bertz CT molecular complexity index is 543. The van der Waals surface area contributed by atoms with Crippen LogP contribution < -0.4 is 4.74 Å². The second-order valence-corrected chi connectivity index (χ2v) is 4.40. The summed E-state index contributed by atoms with van der Waals surface area (Å²) in [6, 6.07) is 16.1. The number of hydrogen-bond donors (Lipinski definition) is 0. The van der Waals surface area contributed by atoms with Gasteiger partial charge < -0.3 is 4.74 Å². The van der Waals surface area contributed by atoms with Gasteiger partial charge in [0.05, 0.1) is 6.61 Å². The first-order valence-corrected chi connectivity index (χ1v) is 6.15. The van der Waals surface area contributed by atoms with E-state index in [0.717, 1.165) is 25.2 Å². The van der Waals surface area contributed by atoms with Gasteiger partial charge in [-0.2, -0.15) is 0 Å². The maximum absolute atomic E-state index is 5.62. The van der Waals surface area contributed by atoms with Crippen molar-refractivity contribution in [3.63, 3.8) is 0 Å². The van der Waals surface area contributed by atoms with Gasteiger partial charge in [-0.3, -0.25) is 0 Å².